The average Bonchev–Trinajstić information content (AvgIpc) is 3.11. The van der Waals surface area contributed by atoms with Crippen molar-refractivity contribution in [3.8, 4) is 0 Å². The van der Waals surface area contributed by atoms with E-state index in [-0.39, 0.29) is 17.9 Å². The minimum atomic E-state index is 0.0451. The standard InChI is InChI=1S/C22H27NO2/c1-18(9-8-14-19-10-4-2-5-11-19)22(24)23-17-25-16-21(23)15-20-12-6-3-7-13-20/h2-7,10-13,18,21H,8-9,14-17H2,1H3/t18-,21-/m0/s1. The number of rotatable bonds is 7. The third kappa shape index (κ3) is 4.93. The number of nitrogens with zero attached hydrogens (tertiary/aromatic N) is 1. The quantitative estimate of drug-likeness (QED) is 0.762. The molecule has 0 spiro atoms. The molecule has 1 aliphatic heterocycles. The zero-order valence-electron chi connectivity index (χ0n) is 14.9. The van der Waals surface area contributed by atoms with Crippen molar-refractivity contribution in [2.75, 3.05) is 13.3 Å². The van der Waals surface area contributed by atoms with Crippen LogP contribution in [0.15, 0.2) is 60.7 Å². The summed E-state index contributed by atoms with van der Waals surface area (Å²) < 4.78 is 5.59. The highest BCUT2D eigenvalue weighted by atomic mass is 16.5. The summed E-state index contributed by atoms with van der Waals surface area (Å²) in [6, 6.07) is 21.0. The smallest absolute Gasteiger partial charge is 0.227 e. The molecule has 1 aliphatic rings. The van der Waals surface area contributed by atoms with E-state index in [0.29, 0.717) is 13.3 Å². The molecule has 1 amide bonds. The van der Waals surface area contributed by atoms with Gasteiger partial charge in [-0.25, -0.2) is 0 Å². The van der Waals surface area contributed by atoms with Crippen molar-refractivity contribution in [2.24, 2.45) is 5.92 Å². The fourth-order valence-electron chi connectivity index (χ4n) is 3.44. The Morgan fingerprint density at radius 1 is 1.08 bits per heavy atom. The van der Waals surface area contributed by atoms with Gasteiger partial charge in [0.1, 0.15) is 6.73 Å². The van der Waals surface area contributed by atoms with Gasteiger partial charge in [-0.15, -0.1) is 0 Å². The first-order valence-corrected chi connectivity index (χ1v) is 9.20. The summed E-state index contributed by atoms with van der Waals surface area (Å²) in [4.78, 5) is 14.8. The normalized spacial score (nSPS) is 18.3. The lowest BCUT2D eigenvalue weighted by Crippen LogP contribution is -2.41. The predicted molar refractivity (Wildman–Crippen MR) is 100 cm³/mol. The molecule has 0 bridgehead atoms. The van der Waals surface area contributed by atoms with E-state index in [2.05, 4.69) is 36.4 Å². The number of aryl methyl sites for hydroxylation is 1. The molecule has 1 fully saturated rings. The maximum Gasteiger partial charge on any atom is 0.227 e. The van der Waals surface area contributed by atoms with E-state index in [1.807, 2.05) is 36.1 Å². The van der Waals surface area contributed by atoms with Crippen LogP contribution in [-0.4, -0.2) is 30.2 Å². The van der Waals surface area contributed by atoms with Crippen LogP contribution >= 0.6 is 0 Å². The molecule has 0 radical (unpaired) electrons. The molecular weight excluding hydrogens is 310 g/mol. The molecule has 0 unspecified atom stereocenters. The van der Waals surface area contributed by atoms with Gasteiger partial charge in [-0.05, 0) is 36.8 Å². The molecule has 25 heavy (non-hydrogen) atoms. The fraction of sp³-hybridized carbons (Fsp3) is 0.409. The van der Waals surface area contributed by atoms with Crippen molar-refractivity contribution in [3.63, 3.8) is 0 Å². The van der Waals surface area contributed by atoms with E-state index in [0.717, 1.165) is 25.7 Å². The highest BCUT2D eigenvalue weighted by Gasteiger charge is 2.31. The molecule has 2 aromatic rings. The van der Waals surface area contributed by atoms with Gasteiger partial charge in [-0.3, -0.25) is 4.79 Å². The van der Waals surface area contributed by atoms with Crippen molar-refractivity contribution in [3.05, 3.63) is 71.8 Å². The van der Waals surface area contributed by atoms with Crippen molar-refractivity contribution in [1.82, 2.24) is 4.90 Å². The second-order valence-electron chi connectivity index (χ2n) is 6.93. The van der Waals surface area contributed by atoms with Gasteiger partial charge >= 0.3 is 0 Å². The van der Waals surface area contributed by atoms with Gasteiger partial charge in [-0.2, -0.15) is 0 Å². The van der Waals surface area contributed by atoms with Crippen LogP contribution in [0.25, 0.3) is 0 Å². The van der Waals surface area contributed by atoms with E-state index in [4.69, 9.17) is 4.74 Å². The minimum Gasteiger partial charge on any atom is -0.359 e. The molecule has 3 rings (SSSR count). The van der Waals surface area contributed by atoms with Gasteiger partial charge in [-0.1, -0.05) is 67.6 Å². The van der Waals surface area contributed by atoms with Crippen LogP contribution in [0.1, 0.15) is 30.9 Å². The Labute approximate surface area is 150 Å². The third-order valence-corrected chi connectivity index (χ3v) is 4.95. The molecule has 2 aromatic carbocycles. The summed E-state index contributed by atoms with van der Waals surface area (Å²) in [5, 5.41) is 0. The van der Waals surface area contributed by atoms with Crippen LogP contribution in [0.3, 0.4) is 0 Å². The number of hydrogen-bond donors (Lipinski definition) is 0. The zero-order valence-corrected chi connectivity index (χ0v) is 14.9. The highest BCUT2D eigenvalue weighted by molar-refractivity contribution is 5.79. The Morgan fingerprint density at radius 3 is 2.40 bits per heavy atom. The van der Waals surface area contributed by atoms with Gasteiger partial charge in [0.05, 0.1) is 12.6 Å². The van der Waals surface area contributed by atoms with Crippen LogP contribution in [0.5, 0.6) is 0 Å². The monoisotopic (exact) mass is 337 g/mol. The van der Waals surface area contributed by atoms with Crippen LogP contribution in [0, 0.1) is 5.92 Å². The van der Waals surface area contributed by atoms with Gasteiger partial charge in [0, 0.05) is 5.92 Å². The molecule has 2 atom stereocenters. The molecule has 0 saturated carbocycles. The Balaban J connectivity index is 1.50. The number of amides is 1. The lowest BCUT2D eigenvalue weighted by atomic mass is 9.98. The zero-order chi connectivity index (χ0) is 17.5. The predicted octanol–water partition coefficient (Wildman–Crippen LogP) is 4.07. The summed E-state index contributed by atoms with van der Waals surface area (Å²) in [7, 11) is 0. The molecule has 1 saturated heterocycles. The van der Waals surface area contributed by atoms with Gasteiger partial charge in [0.25, 0.3) is 0 Å². The summed E-state index contributed by atoms with van der Waals surface area (Å²) in [5.41, 5.74) is 2.60. The lowest BCUT2D eigenvalue weighted by molar-refractivity contribution is -0.137. The molecule has 0 aromatic heterocycles. The van der Waals surface area contributed by atoms with Crippen molar-refractivity contribution in [1.29, 1.82) is 0 Å². The Morgan fingerprint density at radius 2 is 1.72 bits per heavy atom. The highest BCUT2D eigenvalue weighted by Crippen LogP contribution is 2.20. The van der Waals surface area contributed by atoms with Crippen molar-refractivity contribution < 1.29 is 9.53 Å². The van der Waals surface area contributed by atoms with Crippen LogP contribution in [-0.2, 0) is 22.4 Å². The Kier molecular flexibility index (Phi) is 6.24. The Bertz CT molecular complexity index is 656. The largest absolute Gasteiger partial charge is 0.359 e. The molecular formula is C22H27NO2. The number of ether oxygens (including phenoxy) is 1. The first-order valence-electron chi connectivity index (χ1n) is 9.20. The third-order valence-electron chi connectivity index (χ3n) is 4.95. The van der Waals surface area contributed by atoms with Gasteiger partial charge in [0.15, 0.2) is 0 Å². The molecule has 3 heteroatoms. The van der Waals surface area contributed by atoms with E-state index in [9.17, 15) is 4.79 Å². The maximum absolute atomic E-state index is 12.8. The molecule has 132 valence electrons. The summed E-state index contributed by atoms with van der Waals surface area (Å²) in [6.45, 7) is 3.11. The minimum absolute atomic E-state index is 0.0451. The van der Waals surface area contributed by atoms with E-state index < -0.39 is 0 Å². The first kappa shape index (κ1) is 17.7. The van der Waals surface area contributed by atoms with E-state index in [1.165, 1.54) is 11.1 Å². The summed E-state index contributed by atoms with van der Waals surface area (Å²) >= 11 is 0. The summed E-state index contributed by atoms with van der Waals surface area (Å²) in [5.74, 6) is 0.273. The van der Waals surface area contributed by atoms with Gasteiger partial charge < -0.3 is 9.64 Å². The Hall–Kier alpha value is -2.13. The van der Waals surface area contributed by atoms with E-state index >= 15 is 0 Å². The average molecular weight is 337 g/mol. The van der Waals surface area contributed by atoms with Gasteiger partial charge in [0.2, 0.25) is 5.91 Å². The van der Waals surface area contributed by atoms with Crippen LogP contribution < -0.4 is 0 Å². The number of benzene rings is 2. The number of carbonyl (C=O) groups is 1. The maximum atomic E-state index is 12.8. The second kappa shape index (κ2) is 8.82. The molecule has 0 aliphatic carbocycles. The fourth-order valence-corrected chi connectivity index (χ4v) is 3.44. The second-order valence-corrected chi connectivity index (χ2v) is 6.93. The summed E-state index contributed by atoms with van der Waals surface area (Å²) in [6.07, 6.45) is 3.85. The number of carbonyl (C=O) groups excluding carboxylic acids is 1. The first-order chi connectivity index (χ1) is 12.2. The van der Waals surface area contributed by atoms with Crippen molar-refractivity contribution >= 4 is 5.91 Å². The topological polar surface area (TPSA) is 29.5 Å². The van der Waals surface area contributed by atoms with Crippen LogP contribution in [0.4, 0.5) is 0 Å². The lowest BCUT2D eigenvalue weighted by Gasteiger charge is -2.25. The van der Waals surface area contributed by atoms with Crippen LogP contribution in [0.2, 0.25) is 0 Å². The SMILES string of the molecule is C[C@@H](CCCc1ccccc1)C(=O)N1COC[C@@H]1Cc1ccccc1. The van der Waals surface area contributed by atoms with Crippen molar-refractivity contribution in [2.45, 2.75) is 38.6 Å². The molecule has 1 heterocycles. The molecule has 0 N–H and O–H groups in total. The molecule has 3 nitrogen and oxygen atoms in total. The van der Waals surface area contributed by atoms with E-state index in [1.54, 1.807) is 0 Å². The number of hydrogen-bond acceptors (Lipinski definition) is 2.